The van der Waals surface area contributed by atoms with Crippen molar-refractivity contribution in [3.8, 4) is 0 Å². The third kappa shape index (κ3) is 3.54. The lowest BCUT2D eigenvalue weighted by molar-refractivity contribution is -0.384. The summed E-state index contributed by atoms with van der Waals surface area (Å²) in [6.45, 7) is 4.30. The number of rotatable bonds is 6. The van der Waals surface area contributed by atoms with E-state index in [0.29, 0.717) is 12.2 Å². The highest BCUT2D eigenvalue weighted by atomic mass is 32.2. The van der Waals surface area contributed by atoms with Crippen molar-refractivity contribution in [2.75, 3.05) is 24.5 Å². The van der Waals surface area contributed by atoms with Crippen LogP contribution < -0.4 is 15.4 Å². The fourth-order valence-electron chi connectivity index (χ4n) is 2.72. The fraction of sp³-hybridized carbons (Fsp3) is 0.538. The first-order chi connectivity index (χ1) is 10.3. The van der Waals surface area contributed by atoms with Gasteiger partial charge in [0.2, 0.25) is 10.0 Å². The van der Waals surface area contributed by atoms with Crippen LogP contribution in [0.15, 0.2) is 23.1 Å². The average molecular weight is 328 g/mol. The van der Waals surface area contributed by atoms with Crippen LogP contribution in [0.3, 0.4) is 0 Å². The molecule has 1 unspecified atom stereocenters. The standard InChI is InChI=1S/C13H20N4O4S/c1-2-7-16(10-5-6-15-9-10)12-4-3-11(22(14,20)21)8-13(12)17(18)19/h3-4,8,10,15H,2,5-7,9H2,1H3,(H2,14,20,21). The summed E-state index contributed by atoms with van der Waals surface area (Å²) in [6.07, 6.45) is 1.73. The fourth-order valence-corrected chi connectivity index (χ4v) is 3.25. The normalized spacial score (nSPS) is 18.4. The SMILES string of the molecule is CCCN(c1ccc(S(N)(=O)=O)cc1[N+](=O)[O-])C1CCNC1. The van der Waals surface area contributed by atoms with E-state index in [1.54, 1.807) is 0 Å². The maximum Gasteiger partial charge on any atom is 0.293 e. The maximum atomic E-state index is 11.4. The van der Waals surface area contributed by atoms with Gasteiger partial charge in [-0.1, -0.05) is 6.92 Å². The van der Waals surface area contributed by atoms with Crippen molar-refractivity contribution in [1.29, 1.82) is 0 Å². The Balaban J connectivity index is 2.49. The highest BCUT2D eigenvalue weighted by Crippen LogP contribution is 2.33. The number of nitro benzene ring substituents is 1. The first-order valence-corrected chi connectivity index (χ1v) is 8.68. The van der Waals surface area contributed by atoms with Crippen LogP contribution in [0.2, 0.25) is 0 Å². The van der Waals surface area contributed by atoms with Crippen molar-refractivity contribution in [1.82, 2.24) is 5.32 Å². The predicted molar refractivity (Wildman–Crippen MR) is 83.4 cm³/mol. The van der Waals surface area contributed by atoms with Crippen molar-refractivity contribution in [3.63, 3.8) is 0 Å². The van der Waals surface area contributed by atoms with Crippen LogP contribution in [0.5, 0.6) is 0 Å². The van der Waals surface area contributed by atoms with Gasteiger partial charge in [0, 0.05) is 25.2 Å². The van der Waals surface area contributed by atoms with Crippen molar-refractivity contribution in [3.05, 3.63) is 28.3 Å². The largest absolute Gasteiger partial charge is 0.362 e. The van der Waals surface area contributed by atoms with Gasteiger partial charge >= 0.3 is 0 Å². The Morgan fingerprint density at radius 2 is 2.23 bits per heavy atom. The number of benzene rings is 1. The molecule has 1 saturated heterocycles. The molecule has 8 nitrogen and oxygen atoms in total. The Morgan fingerprint density at radius 1 is 1.50 bits per heavy atom. The molecule has 122 valence electrons. The monoisotopic (exact) mass is 328 g/mol. The summed E-state index contributed by atoms with van der Waals surface area (Å²) < 4.78 is 22.8. The van der Waals surface area contributed by atoms with Gasteiger partial charge in [0.25, 0.3) is 5.69 Å². The highest BCUT2D eigenvalue weighted by molar-refractivity contribution is 7.89. The number of nitrogens with zero attached hydrogens (tertiary/aromatic N) is 2. The quantitative estimate of drug-likeness (QED) is 0.589. The maximum absolute atomic E-state index is 11.4. The molecule has 0 radical (unpaired) electrons. The summed E-state index contributed by atoms with van der Waals surface area (Å²) >= 11 is 0. The van der Waals surface area contributed by atoms with E-state index in [1.807, 2.05) is 11.8 Å². The summed E-state index contributed by atoms with van der Waals surface area (Å²) in [6, 6.07) is 4.00. The van der Waals surface area contributed by atoms with Crippen LogP contribution >= 0.6 is 0 Å². The molecule has 1 aliphatic heterocycles. The number of nitrogens with two attached hydrogens (primary N) is 1. The molecule has 9 heteroatoms. The summed E-state index contributed by atoms with van der Waals surface area (Å²) in [5, 5.41) is 19.6. The van der Waals surface area contributed by atoms with Crippen LogP contribution in [0.4, 0.5) is 11.4 Å². The van der Waals surface area contributed by atoms with E-state index in [0.717, 1.165) is 32.0 Å². The number of nitro groups is 1. The molecule has 0 spiro atoms. The zero-order valence-corrected chi connectivity index (χ0v) is 13.2. The van der Waals surface area contributed by atoms with Gasteiger partial charge < -0.3 is 10.2 Å². The number of primary sulfonamides is 1. The molecule has 22 heavy (non-hydrogen) atoms. The zero-order valence-electron chi connectivity index (χ0n) is 12.4. The molecule has 0 amide bonds. The number of hydrogen-bond donors (Lipinski definition) is 2. The lowest BCUT2D eigenvalue weighted by atomic mass is 10.1. The van der Waals surface area contributed by atoms with Crippen LogP contribution in [0, 0.1) is 10.1 Å². The molecule has 1 aromatic carbocycles. The minimum Gasteiger partial charge on any atom is -0.362 e. The third-order valence-electron chi connectivity index (χ3n) is 3.72. The van der Waals surface area contributed by atoms with Gasteiger partial charge in [-0.15, -0.1) is 0 Å². The molecular formula is C13H20N4O4S. The number of hydrogen-bond acceptors (Lipinski definition) is 6. The lowest BCUT2D eigenvalue weighted by Crippen LogP contribution is -2.38. The van der Waals surface area contributed by atoms with Gasteiger partial charge in [0.1, 0.15) is 5.69 Å². The minimum atomic E-state index is -3.97. The van der Waals surface area contributed by atoms with E-state index in [-0.39, 0.29) is 16.6 Å². The van der Waals surface area contributed by atoms with Gasteiger partial charge in [-0.05, 0) is 31.5 Å². The smallest absolute Gasteiger partial charge is 0.293 e. The van der Waals surface area contributed by atoms with Gasteiger partial charge in [-0.3, -0.25) is 10.1 Å². The van der Waals surface area contributed by atoms with Crippen LogP contribution in [-0.4, -0.2) is 39.0 Å². The van der Waals surface area contributed by atoms with Crippen molar-refractivity contribution >= 4 is 21.4 Å². The highest BCUT2D eigenvalue weighted by Gasteiger charge is 2.28. The second-order valence-corrected chi connectivity index (χ2v) is 6.85. The van der Waals surface area contributed by atoms with Gasteiger partial charge in [0.15, 0.2) is 0 Å². The van der Waals surface area contributed by atoms with Crippen LogP contribution in [0.1, 0.15) is 19.8 Å². The molecule has 0 aromatic heterocycles. The Morgan fingerprint density at radius 3 is 2.73 bits per heavy atom. The Labute approximate surface area is 129 Å². The average Bonchev–Trinajstić information content (AvgIpc) is 2.97. The summed E-state index contributed by atoms with van der Waals surface area (Å²) in [5.41, 5.74) is 0.208. The molecule has 1 aliphatic rings. The van der Waals surface area contributed by atoms with E-state index in [9.17, 15) is 18.5 Å². The second kappa shape index (κ2) is 6.59. The zero-order chi connectivity index (χ0) is 16.3. The first-order valence-electron chi connectivity index (χ1n) is 7.13. The summed E-state index contributed by atoms with van der Waals surface area (Å²) in [7, 11) is -3.97. The van der Waals surface area contributed by atoms with E-state index in [2.05, 4.69) is 5.32 Å². The van der Waals surface area contributed by atoms with E-state index < -0.39 is 14.9 Å². The van der Waals surface area contributed by atoms with E-state index in [1.165, 1.54) is 12.1 Å². The van der Waals surface area contributed by atoms with Crippen molar-refractivity contribution in [2.24, 2.45) is 5.14 Å². The Hall–Kier alpha value is -1.71. The molecule has 3 N–H and O–H groups in total. The molecule has 1 atom stereocenters. The van der Waals surface area contributed by atoms with Gasteiger partial charge in [-0.2, -0.15) is 0 Å². The minimum absolute atomic E-state index is 0.166. The van der Waals surface area contributed by atoms with Gasteiger partial charge in [-0.25, -0.2) is 13.6 Å². The molecule has 0 saturated carbocycles. The number of sulfonamides is 1. The lowest BCUT2D eigenvalue weighted by Gasteiger charge is -2.30. The third-order valence-corrected chi connectivity index (χ3v) is 4.63. The topological polar surface area (TPSA) is 119 Å². The van der Waals surface area contributed by atoms with Gasteiger partial charge in [0.05, 0.1) is 9.82 Å². The molecule has 0 bridgehead atoms. The van der Waals surface area contributed by atoms with Crippen LogP contribution in [-0.2, 0) is 10.0 Å². The Bertz CT molecular complexity index is 656. The molecule has 1 heterocycles. The number of anilines is 1. The van der Waals surface area contributed by atoms with Crippen molar-refractivity contribution in [2.45, 2.75) is 30.7 Å². The van der Waals surface area contributed by atoms with E-state index in [4.69, 9.17) is 5.14 Å². The molecular weight excluding hydrogens is 308 g/mol. The molecule has 1 fully saturated rings. The molecule has 0 aliphatic carbocycles. The summed E-state index contributed by atoms with van der Waals surface area (Å²) in [4.78, 5) is 12.5. The van der Waals surface area contributed by atoms with Crippen LogP contribution in [0.25, 0.3) is 0 Å². The summed E-state index contributed by atoms with van der Waals surface area (Å²) in [5.74, 6) is 0. The van der Waals surface area contributed by atoms with E-state index >= 15 is 0 Å². The Kier molecular flexibility index (Phi) is 4.99. The van der Waals surface area contributed by atoms with Crippen molar-refractivity contribution < 1.29 is 13.3 Å². The predicted octanol–water partition coefficient (Wildman–Crippen LogP) is 0.820. The molecule has 1 aromatic rings. The molecule has 2 rings (SSSR count). The first kappa shape index (κ1) is 16.7. The number of nitrogens with one attached hydrogen (secondary N) is 1. The second-order valence-electron chi connectivity index (χ2n) is 5.29.